The normalized spacial score (nSPS) is 14.3. The van der Waals surface area contributed by atoms with Gasteiger partial charge < -0.3 is 10.5 Å². The molecule has 1 aliphatic carbocycles. The van der Waals surface area contributed by atoms with Gasteiger partial charge in [0.2, 0.25) is 0 Å². The van der Waals surface area contributed by atoms with Gasteiger partial charge in [0.25, 0.3) is 0 Å². The first kappa shape index (κ1) is 19.2. The molecular formula is C22H26N2O3. The summed E-state index contributed by atoms with van der Waals surface area (Å²) in [4.78, 5) is 28.5. The van der Waals surface area contributed by atoms with Gasteiger partial charge in [-0.1, -0.05) is 30.3 Å². The Hall–Kier alpha value is -2.53. The van der Waals surface area contributed by atoms with Crippen molar-refractivity contribution in [3.63, 3.8) is 0 Å². The highest BCUT2D eigenvalue weighted by molar-refractivity contribution is 5.82. The highest BCUT2D eigenvalue weighted by Gasteiger charge is 2.15. The van der Waals surface area contributed by atoms with Crippen LogP contribution < -0.4 is 5.73 Å². The van der Waals surface area contributed by atoms with Gasteiger partial charge in [0.05, 0.1) is 7.11 Å². The van der Waals surface area contributed by atoms with E-state index in [0.29, 0.717) is 19.3 Å². The van der Waals surface area contributed by atoms with Gasteiger partial charge in [-0.25, -0.2) is 0 Å². The first-order valence-electron chi connectivity index (χ1n) is 9.46. The van der Waals surface area contributed by atoms with E-state index in [1.165, 1.54) is 25.5 Å². The number of Topliss-reactive ketones (excluding diaryl/α,β-unsaturated/α-hetero) is 1. The zero-order valence-electron chi connectivity index (χ0n) is 15.7. The molecule has 5 nitrogen and oxygen atoms in total. The van der Waals surface area contributed by atoms with E-state index >= 15 is 0 Å². The summed E-state index contributed by atoms with van der Waals surface area (Å²) >= 11 is 0. The largest absolute Gasteiger partial charge is 0.468 e. The second-order valence-corrected chi connectivity index (χ2v) is 7.16. The molecular weight excluding hydrogens is 340 g/mol. The van der Waals surface area contributed by atoms with Gasteiger partial charge in [0.1, 0.15) is 11.8 Å². The van der Waals surface area contributed by atoms with Crippen LogP contribution in [0.25, 0.3) is 0 Å². The van der Waals surface area contributed by atoms with Gasteiger partial charge in [0, 0.05) is 24.2 Å². The second-order valence-electron chi connectivity index (χ2n) is 7.16. The van der Waals surface area contributed by atoms with Crippen LogP contribution in [0.4, 0.5) is 0 Å². The summed E-state index contributed by atoms with van der Waals surface area (Å²) in [7, 11) is 1.33. The molecule has 0 saturated heterocycles. The number of benzene rings is 1. The Kier molecular flexibility index (Phi) is 6.35. The smallest absolute Gasteiger partial charge is 0.322 e. The van der Waals surface area contributed by atoms with Crippen LogP contribution in [0.15, 0.2) is 36.4 Å². The summed E-state index contributed by atoms with van der Waals surface area (Å²) in [5.74, 6) is -0.274. The standard InChI is InChI=1S/C22H26N2O3/c1-27-22(26)20(23)13-16-8-6-15(7-9-16)12-19(25)14-18-11-10-17-4-2-3-5-21(17)24-18/h6-11,20H,2-5,12-14,23H2,1H3. The van der Waals surface area contributed by atoms with Crippen molar-refractivity contribution in [3.05, 3.63) is 64.5 Å². The Bertz CT molecular complexity index is 815. The van der Waals surface area contributed by atoms with Crippen LogP contribution >= 0.6 is 0 Å². The number of esters is 1. The third-order valence-corrected chi connectivity index (χ3v) is 5.00. The third-order valence-electron chi connectivity index (χ3n) is 5.00. The molecule has 0 spiro atoms. The number of hydrogen-bond donors (Lipinski definition) is 1. The zero-order valence-corrected chi connectivity index (χ0v) is 15.7. The Morgan fingerprint density at radius 1 is 1.04 bits per heavy atom. The van der Waals surface area contributed by atoms with Crippen molar-refractivity contribution in [2.45, 2.75) is 51.0 Å². The highest BCUT2D eigenvalue weighted by atomic mass is 16.5. The maximum atomic E-state index is 12.4. The molecule has 0 fully saturated rings. The minimum Gasteiger partial charge on any atom is -0.468 e. The van der Waals surface area contributed by atoms with Crippen LogP contribution in [-0.2, 0) is 46.4 Å². The van der Waals surface area contributed by atoms with Crippen LogP contribution in [0.3, 0.4) is 0 Å². The van der Waals surface area contributed by atoms with Gasteiger partial charge in [-0.05, 0) is 54.9 Å². The van der Waals surface area contributed by atoms with E-state index < -0.39 is 12.0 Å². The van der Waals surface area contributed by atoms with Crippen molar-refractivity contribution < 1.29 is 14.3 Å². The molecule has 3 rings (SSSR count). The first-order chi connectivity index (χ1) is 13.0. The van der Waals surface area contributed by atoms with Gasteiger partial charge in [-0.15, -0.1) is 0 Å². The molecule has 5 heteroatoms. The number of hydrogen-bond acceptors (Lipinski definition) is 5. The number of ketones is 1. The van der Waals surface area contributed by atoms with Gasteiger partial charge in [-0.3, -0.25) is 14.6 Å². The lowest BCUT2D eigenvalue weighted by Crippen LogP contribution is -2.33. The topological polar surface area (TPSA) is 82.3 Å². The number of carbonyl (C=O) groups excluding carboxylic acids is 2. The van der Waals surface area contributed by atoms with Crippen molar-refractivity contribution in [1.82, 2.24) is 4.98 Å². The van der Waals surface area contributed by atoms with E-state index in [1.54, 1.807) is 0 Å². The fraction of sp³-hybridized carbons (Fsp3) is 0.409. The number of aromatic nitrogens is 1. The van der Waals surface area contributed by atoms with E-state index in [9.17, 15) is 9.59 Å². The Morgan fingerprint density at radius 2 is 1.74 bits per heavy atom. The number of methoxy groups -OCH3 is 1. The van der Waals surface area contributed by atoms with Crippen LogP contribution in [0.2, 0.25) is 0 Å². The third kappa shape index (κ3) is 5.23. The van der Waals surface area contributed by atoms with Crippen molar-refractivity contribution in [2.24, 2.45) is 5.73 Å². The zero-order chi connectivity index (χ0) is 19.2. The molecule has 1 unspecified atom stereocenters. The van der Waals surface area contributed by atoms with Crippen LogP contribution in [0, 0.1) is 0 Å². The molecule has 142 valence electrons. The quantitative estimate of drug-likeness (QED) is 0.761. The predicted molar refractivity (Wildman–Crippen MR) is 103 cm³/mol. The summed E-state index contributed by atoms with van der Waals surface area (Å²) in [6.07, 6.45) is 5.69. The summed E-state index contributed by atoms with van der Waals surface area (Å²) in [5.41, 5.74) is 11.0. The Balaban J connectivity index is 1.55. The lowest BCUT2D eigenvalue weighted by atomic mass is 9.95. The Labute approximate surface area is 159 Å². The van der Waals surface area contributed by atoms with E-state index in [-0.39, 0.29) is 5.78 Å². The molecule has 0 saturated carbocycles. The number of carbonyl (C=O) groups is 2. The molecule has 27 heavy (non-hydrogen) atoms. The van der Waals surface area contributed by atoms with E-state index in [1.807, 2.05) is 30.3 Å². The van der Waals surface area contributed by atoms with Gasteiger partial charge in [-0.2, -0.15) is 0 Å². The molecule has 1 aromatic heterocycles. The number of aryl methyl sites for hydroxylation is 2. The minimum absolute atomic E-state index is 0.150. The molecule has 0 amide bonds. The monoisotopic (exact) mass is 366 g/mol. The van der Waals surface area contributed by atoms with E-state index in [0.717, 1.165) is 35.4 Å². The SMILES string of the molecule is COC(=O)C(N)Cc1ccc(CC(=O)Cc2ccc3c(n2)CCCC3)cc1. The van der Waals surface area contributed by atoms with Crippen molar-refractivity contribution >= 4 is 11.8 Å². The van der Waals surface area contributed by atoms with Crippen LogP contribution in [0.1, 0.15) is 40.9 Å². The fourth-order valence-electron chi connectivity index (χ4n) is 3.50. The number of pyridine rings is 1. The molecule has 0 bridgehead atoms. The number of nitrogens with zero attached hydrogens (tertiary/aromatic N) is 1. The number of nitrogens with two attached hydrogens (primary N) is 1. The molecule has 0 radical (unpaired) electrons. The molecule has 1 atom stereocenters. The van der Waals surface area contributed by atoms with Gasteiger partial charge in [0.15, 0.2) is 0 Å². The van der Waals surface area contributed by atoms with Crippen molar-refractivity contribution in [2.75, 3.05) is 7.11 Å². The average molecular weight is 366 g/mol. The summed E-state index contributed by atoms with van der Waals surface area (Å²) in [6.45, 7) is 0. The summed E-state index contributed by atoms with van der Waals surface area (Å²) < 4.78 is 4.64. The van der Waals surface area contributed by atoms with Crippen LogP contribution in [-0.4, -0.2) is 29.9 Å². The molecule has 1 heterocycles. The minimum atomic E-state index is -0.669. The lowest BCUT2D eigenvalue weighted by Gasteiger charge is -2.15. The molecule has 1 aliphatic rings. The first-order valence-corrected chi connectivity index (χ1v) is 9.46. The van der Waals surface area contributed by atoms with E-state index in [2.05, 4.69) is 15.8 Å². The molecule has 1 aromatic carbocycles. The van der Waals surface area contributed by atoms with Crippen LogP contribution in [0.5, 0.6) is 0 Å². The number of rotatable bonds is 7. The fourth-order valence-corrected chi connectivity index (χ4v) is 3.50. The maximum Gasteiger partial charge on any atom is 0.322 e. The van der Waals surface area contributed by atoms with Crippen molar-refractivity contribution in [1.29, 1.82) is 0 Å². The Morgan fingerprint density at radius 3 is 2.48 bits per heavy atom. The number of ether oxygens (including phenoxy) is 1. The maximum absolute atomic E-state index is 12.4. The lowest BCUT2D eigenvalue weighted by molar-refractivity contribution is -0.142. The van der Waals surface area contributed by atoms with Gasteiger partial charge >= 0.3 is 5.97 Å². The van der Waals surface area contributed by atoms with E-state index in [4.69, 9.17) is 5.73 Å². The highest BCUT2D eigenvalue weighted by Crippen LogP contribution is 2.20. The average Bonchev–Trinajstić information content (AvgIpc) is 2.68. The summed E-state index contributed by atoms with van der Waals surface area (Å²) in [5, 5.41) is 0. The molecule has 2 aromatic rings. The van der Waals surface area contributed by atoms with Crippen molar-refractivity contribution in [3.8, 4) is 0 Å². The predicted octanol–water partition coefficient (Wildman–Crippen LogP) is 2.36. The number of fused-ring (bicyclic) bond motifs is 1. The summed E-state index contributed by atoms with van der Waals surface area (Å²) in [6, 6.07) is 11.1. The molecule has 2 N–H and O–H groups in total. The molecule has 0 aliphatic heterocycles. The second kappa shape index (κ2) is 8.91.